The fourth-order valence-corrected chi connectivity index (χ4v) is 8.56. The second-order valence-corrected chi connectivity index (χ2v) is 13.4. The normalized spacial score (nSPS) is 14.1. The van der Waals surface area contributed by atoms with E-state index in [1.54, 1.807) is 0 Å². The minimum absolute atomic E-state index is 0.883. The Kier molecular flexibility index (Phi) is 10.9. The monoisotopic (exact) mass is 572 g/mol. The summed E-state index contributed by atoms with van der Waals surface area (Å²) in [5.74, 6) is 0. The summed E-state index contributed by atoms with van der Waals surface area (Å²) < 4.78 is 1.36. The molecule has 4 heteroatoms. The van der Waals surface area contributed by atoms with Crippen molar-refractivity contribution in [3.05, 3.63) is 71.3 Å². The van der Waals surface area contributed by atoms with E-state index in [4.69, 9.17) is 9.53 Å². The Hall–Kier alpha value is -1.40. The molecule has 1 heterocycles. The molecule has 0 saturated carbocycles. The van der Waals surface area contributed by atoms with Gasteiger partial charge in [0.1, 0.15) is 0 Å². The fraction of sp³-hybridized carbons (Fsp3) is 0.500. The van der Waals surface area contributed by atoms with Gasteiger partial charge in [-0.1, -0.05) is 0 Å². The predicted octanol–water partition coefficient (Wildman–Crippen LogP) is 8.29. The maximum absolute atomic E-state index is 7.32. The summed E-state index contributed by atoms with van der Waals surface area (Å²) in [5.41, 5.74) is 8.74. The quantitative estimate of drug-likeness (QED) is 0.186. The zero-order chi connectivity index (χ0) is 24.5. The molecule has 0 aliphatic carbocycles. The zero-order valence-electron chi connectivity index (χ0n) is 21.6. The molecule has 0 amide bonds. The van der Waals surface area contributed by atoms with Gasteiger partial charge in [0, 0.05) is 0 Å². The third kappa shape index (κ3) is 6.05. The molecule has 190 valence electrons. The first-order valence-electron chi connectivity index (χ1n) is 13.1. The van der Waals surface area contributed by atoms with E-state index in [1.165, 1.54) is 37.9 Å². The molecule has 2 aromatic carbocycles. The zero-order valence-corrected chi connectivity index (χ0v) is 23.9. The first-order valence-corrected chi connectivity index (χ1v) is 17.0. The van der Waals surface area contributed by atoms with Crippen LogP contribution < -0.4 is 9.80 Å². The van der Waals surface area contributed by atoms with Crippen LogP contribution in [-0.4, -0.2) is 17.3 Å². The molecule has 1 aliphatic rings. The van der Waals surface area contributed by atoms with Crippen LogP contribution in [0.3, 0.4) is 0 Å². The van der Waals surface area contributed by atoms with Crippen LogP contribution in [0.1, 0.15) is 75.6 Å². The van der Waals surface area contributed by atoms with Gasteiger partial charge >= 0.3 is 219 Å². The Labute approximate surface area is 217 Å². The molecule has 0 N–H and O–H groups in total. The number of benzene rings is 2. The van der Waals surface area contributed by atoms with Crippen molar-refractivity contribution < 1.29 is 15.3 Å². The van der Waals surface area contributed by atoms with Crippen LogP contribution in [0, 0.1) is 0 Å². The van der Waals surface area contributed by atoms with Crippen molar-refractivity contribution in [1.82, 2.24) is 0 Å². The molecular formula is C30H43ClN2Pd. The summed E-state index contributed by atoms with van der Waals surface area (Å²) >= 11 is -1.49. The molecule has 0 spiro atoms. The summed E-state index contributed by atoms with van der Waals surface area (Å²) in [6.45, 7) is 15.2. The molecule has 2 aromatic rings. The summed E-state index contributed by atoms with van der Waals surface area (Å²) in [6, 6.07) is 13.8. The molecule has 0 atom stereocenters. The van der Waals surface area contributed by atoms with Crippen LogP contribution in [0.25, 0.3) is 0 Å². The van der Waals surface area contributed by atoms with E-state index in [-0.39, 0.29) is 0 Å². The van der Waals surface area contributed by atoms with Gasteiger partial charge in [-0.2, -0.15) is 0 Å². The first kappa shape index (κ1) is 27.2. The van der Waals surface area contributed by atoms with Crippen molar-refractivity contribution in [1.29, 1.82) is 0 Å². The third-order valence-corrected chi connectivity index (χ3v) is 10.2. The Morgan fingerprint density at radius 1 is 0.735 bits per heavy atom. The van der Waals surface area contributed by atoms with E-state index in [0.717, 1.165) is 69.3 Å². The van der Waals surface area contributed by atoms with E-state index < -0.39 is 15.3 Å². The number of aryl methyl sites for hydroxylation is 4. The van der Waals surface area contributed by atoms with E-state index >= 15 is 0 Å². The van der Waals surface area contributed by atoms with Crippen LogP contribution in [-0.2, 0) is 41.0 Å². The molecule has 1 aliphatic heterocycles. The first-order chi connectivity index (χ1) is 16.6. The van der Waals surface area contributed by atoms with Crippen molar-refractivity contribution in [3.63, 3.8) is 0 Å². The van der Waals surface area contributed by atoms with Gasteiger partial charge in [0.05, 0.1) is 0 Å². The second kappa shape index (κ2) is 13.6. The van der Waals surface area contributed by atoms with Gasteiger partial charge in [0.2, 0.25) is 0 Å². The standard InChI is InChI=1S/C27H38N2.C3H5.ClH.Pd/c1-5-11-22-15-9-16-23(12-6-2)26(22)28-19-20-29(21-28)27-24(13-7-3)17-10-18-25(27)14-8-4;1-3-2;;/h9-10,15-18H,5-8,11-14,19-20H2,1-4H3;3H,1-2H2;1H;/q;;;+1/p-1. The molecule has 0 bridgehead atoms. The van der Waals surface area contributed by atoms with Crippen molar-refractivity contribution in [2.24, 2.45) is 0 Å². The second-order valence-electron chi connectivity index (χ2n) is 9.07. The predicted molar refractivity (Wildman–Crippen MR) is 149 cm³/mol. The Bertz CT molecular complexity index is 879. The van der Waals surface area contributed by atoms with Crippen molar-refractivity contribution in [2.75, 3.05) is 22.9 Å². The minimum atomic E-state index is -1.49. The Balaban J connectivity index is 2.22. The van der Waals surface area contributed by atoms with E-state index in [1.807, 2.05) is 6.08 Å². The fourth-order valence-electron chi connectivity index (χ4n) is 5.10. The summed E-state index contributed by atoms with van der Waals surface area (Å²) in [4.78, 5) is 6.12. The van der Waals surface area contributed by atoms with Crippen LogP contribution in [0.15, 0.2) is 49.1 Å². The number of allylic oxidation sites excluding steroid dienone is 1. The summed E-state index contributed by atoms with van der Waals surface area (Å²) in [5, 5.41) is 0. The number of para-hydroxylation sites is 2. The van der Waals surface area contributed by atoms with Crippen LogP contribution in [0.5, 0.6) is 0 Å². The topological polar surface area (TPSA) is 6.48 Å². The summed E-state index contributed by atoms with van der Waals surface area (Å²) in [7, 11) is 7.32. The Morgan fingerprint density at radius 3 is 1.38 bits per heavy atom. The van der Waals surface area contributed by atoms with Gasteiger partial charge in [-0.05, 0) is 0 Å². The third-order valence-electron chi connectivity index (χ3n) is 6.34. The molecule has 1 fully saturated rings. The van der Waals surface area contributed by atoms with Crippen LogP contribution in [0.2, 0.25) is 4.89 Å². The van der Waals surface area contributed by atoms with Gasteiger partial charge < -0.3 is 0 Å². The van der Waals surface area contributed by atoms with Gasteiger partial charge in [-0.25, -0.2) is 0 Å². The average Bonchev–Trinajstić information content (AvgIpc) is 3.25. The van der Waals surface area contributed by atoms with Gasteiger partial charge in [-0.15, -0.1) is 0 Å². The van der Waals surface area contributed by atoms with E-state index in [2.05, 4.69) is 80.5 Å². The molecule has 0 unspecified atom stereocenters. The van der Waals surface area contributed by atoms with Gasteiger partial charge in [0.25, 0.3) is 0 Å². The molecule has 1 saturated heterocycles. The van der Waals surface area contributed by atoms with Crippen molar-refractivity contribution in [3.8, 4) is 0 Å². The van der Waals surface area contributed by atoms with Crippen LogP contribution in [0.4, 0.5) is 11.4 Å². The molecule has 0 radical (unpaired) electrons. The summed E-state index contributed by atoms with van der Waals surface area (Å²) in [6.07, 6.45) is 11.1. The average molecular weight is 574 g/mol. The molecule has 2 nitrogen and oxygen atoms in total. The molecular weight excluding hydrogens is 530 g/mol. The van der Waals surface area contributed by atoms with Crippen molar-refractivity contribution >= 4 is 25.1 Å². The Morgan fingerprint density at radius 2 is 1.09 bits per heavy atom. The SMILES string of the molecule is C=C[CH2][Pd]([Cl])=[C]1N(c2c(CCC)cccc2CCC)CCN1c1c(CCC)cccc1CCC. The maximum atomic E-state index is 7.32. The molecule has 3 rings (SSSR count). The molecule has 34 heavy (non-hydrogen) atoms. The number of hydrogen-bond acceptors (Lipinski definition) is 2. The number of anilines is 2. The van der Waals surface area contributed by atoms with Crippen molar-refractivity contribution in [2.45, 2.75) is 84.0 Å². The number of rotatable bonds is 12. The van der Waals surface area contributed by atoms with Gasteiger partial charge in [-0.3, -0.25) is 0 Å². The van der Waals surface area contributed by atoms with Crippen LogP contribution >= 0.6 is 9.53 Å². The van der Waals surface area contributed by atoms with E-state index in [0.29, 0.717) is 0 Å². The number of hydrogen-bond donors (Lipinski definition) is 0. The number of halogens is 1. The van der Waals surface area contributed by atoms with E-state index in [9.17, 15) is 0 Å². The van der Waals surface area contributed by atoms with Gasteiger partial charge in [0.15, 0.2) is 0 Å². The molecule has 0 aromatic heterocycles. The number of nitrogens with zero attached hydrogens (tertiary/aromatic N) is 2.